The predicted molar refractivity (Wildman–Crippen MR) is 79.8 cm³/mol. The highest BCUT2D eigenvalue weighted by Crippen LogP contribution is 2.21. The monoisotopic (exact) mass is 305 g/mol. The first-order valence-corrected chi connectivity index (χ1v) is 7.11. The Bertz CT molecular complexity index is 629. The van der Waals surface area contributed by atoms with Crippen LogP contribution in [0.4, 0.5) is 9.93 Å². The number of nitrogens with two attached hydrogens (primary N) is 1. The van der Waals surface area contributed by atoms with E-state index in [-0.39, 0.29) is 12.3 Å². The number of benzene rings is 1. The van der Waals surface area contributed by atoms with Gasteiger partial charge in [-0.2, -0.15) is 0 Å². The average Bonchev–Trinajstić information content (AvgIpc) is 2.90. The second-order valence-corrected chi connectivity index (χ2v) is 5.25. The molecule has 0 aliphatic carbocycles. The normalized spacial score (nSPS) is 11.7. The largest absolute Gasteiger partial charge is 0.352 e. The smallest absolute Gasteiger partial charge is 0.312 e. The molecular formula is C13H15N5O2S. The number of nitrogens with one attached hydrogen (secondary N) is 2. The fraction of sp³-hybridized carbons (Fsp3) is 0.231. The fourth-order valence-corrected chi connectivity index (χ4v) is 2.43. The maximum atomic E-state index is 12.0. The van der Waals surface area contributed by atoms with Crippen LogP contribution in [0.1, 0.15) is 23.6 Å². The molecule has 0 radical (unpaired) electrons. The Morgan fingerprint density at radius 1 is 1.38 bits per heavy atom. The molecular weight excluding hydrogens is 290 g/mol. The summed E-state index contributed by atoms with van der Waals surface area (Å²) < 4.78 is 0. The zero-order valence-electron chi connectivity index (χ0n) is 11.4. The van der Waals surface area contributed by atoms with E-state index >= 15 is 0 Å². The SMILES string of the molecule is Cc1ccccc1[C@H](CC(=O)Nc1nncs1)NC(N)=O. The average molecular weight is 305 g/mol. The molecule has 8 heteroatoms. The molecule has 1 heterocycles. The summed E-state index contributed by atoms with van der Waals surface area (Å²) in [6, 6.07) is 6.34. The molecule has 110 valence electrons. The number of primary amides is 1. The van der Waals surface area contributed by atoms with Crippen molar-refractivity contribution in [3.8, 4) is 0 Å². The number of carbonyl (C=O) groups excluding carboxylic acids is 2. The highest BCUT2D eigenvalue weighted by Gasteiger charge is 2.19. The lowest BCUT2D eigenvalue weighted by Gasteiger charge is -2.19. The Kier molecular flexibility index (Phi) is 4.83. The first-order valence-electron chi connectivity index (χ1n) is 6.24. The van der Waals surface area contributed by atoms with Crippen LogP contribution in [0, 0.1) is 6.92 Å². The number of rotatable bonds is 5. The molecule has 0 aliphatic heterocycles. The topological polar surface area (TPSA) is 110 Å². The van der Waals surface area contributed by atoms with Gasteiger partial charge in [0.25, 0.3) is 0 Å². The van der Waals surface area contributed by atoms with Crippen LogP contribution in [-0.2, 0) is 4.79 Å². The second-order valence-electron chi connectivity index (χ2n) is 4.41. The lowest BCUT2D eigenvalue weighted by molar-refractivity contribution is -0.116. The Labute approximate surface area is 125 Å². The molecule has 0 saturated heterocycles. The lowest BCUT2D eigenvalue weighted by atomic mass is 9.98. The van der Waals surface area contributed by atoms with Crippen molar-refractivity contribution in [1.82, 2.24) is 15.5 Å². The fourth-order valence-electron chi connectivity index (χ4n) is 1.97. The van der Waals surface area contributed by atoms with E-state index in [0.29, 0.717) is 5.13 Å². The van der Waals surface area contributed by atoms with Crippen molar-refractivity contribution in [2.24, 2.45) is 5.73 Å². The maximum absolute atomic E-state index is 12.0. The van der Waals surface area contributed by atoms with Gasteiger partial charge in [0, 0.05) is 0 Å². The number of amides is 3. The van der Waals surface area contributed by atoms with Gasteiger partial charge in [0.15, 0.2) is 0 Å². The third kappa shape index (κ3) is 4.25. The van der Waals surface area contributed by atoms with Gasteiger partial charge in [-0.25, -0.2) is 4.79 Å². The van der Waals surface area contributed by atoms with Gasteiger partial charge in [0.2, 0.25) is 11.0 Å². The zero-order chi connectivity index (χ0) is 15.2. The van der Waals surface area contributed by atoms with Gasteiger partial charge in [0.1, 0.15) is 5.51 Å². The Hall–Kier alpha value is -2.48. The molecule has 0 bridgehead atoms. The summed E-state index contributed by atoms with van der Waals surface area (Å²) in [6.45, 7) is 1.91. The lowest BCUT2D eigenvalue weighted by Crippen LogP contribution is -2.35. The Morgan fingerprint density at radius 2 is 2.14 bits per heavy atom. The number of aryl methyl sites for hydroxylation is 1. The summed E-state index contributed by atoms with van der Waals surface area (Å²) in [5.41, 5.74) is 8.54. The molecule has 0 fully saturated rings. The van der Waals surface area contributed by atoms with Crippen molar-refractivity contribution in [2.75, 3.05) is 5.32 Å². The van der Waals surface area contributed by atoms with E-state index in [2.05, 4.69) is 20.8 Å². The minimum absolute atomic E-state index is 0.0629. The van der Waals surface area contributed by atoms with E-state index in [1.165, 1.54) is 16.8 Å². The molecule has 2 rings (SSSR count). The number of hydrogen-bond acceptors (Lipinski definition) is 5. The van der Waals surface area contributed by atoms with Gasteiger partial charge in [-0.05, 0) is 18.1 Å². The van der Waals surface area contributed by atoms with Crippen LogP contribution in [0.5, 0.6) is 0 Å². The maximum Gasteiger partial charge on any atom is 0.312 e. The van der Waals surface area contributed by atoms with Crippen LogP contribution in [0.2, 0.25) is 0 Å². The number of hydrogen-bond donors (Lipinski definition) is 3. The van der Waals surface area contributed by atoms with Crippen molar-refractivity contribution in [3.63, 3.8) is 0 Å². The quantitative estimate of drug-likeness (QED) is 0.779. The van der Waals surface area contributed by atoms with Crippen molar-refractivity contribution in [2.45, 2.75) is 19.4 Å². The van der Waals surface area contributed by atoms with Crippen molar-refractivity contribution in [1.29, 1.82) is 0 Å². The van der Waals surface area contributed by atoms with E-state index in [0.717, 1.165) is 11.1 Å². The first-order chi connectivity index (χ1) is 10.1. The molecule has 2 aromatic rings. The van der Waals surface area contributed by atoms with Crippen LogP contribution in [-0.4, -0.2) is 22.1 Å². The molecule has 1 aromatic carbocycles. The van der Waals surface area contributed by atoms with Crippen molar-refractivity contribution >= 4 is 28.4 Å². The van der Waals surface area contributed by atoms with Gasteiger partial charge >= 0.3 is 6.03 Å². The number of nitrogens with zero attached hydrogens (tertiary/aromatic N) is 2. The van der Waals surface area contributed by atoms with Crippen LogP contribution < -0.4 is 16.4 Å². The van der Waals surface area contributed by atoms with Crippen molar-refractivity contribution < 1.29 is 9.59 Å². The molecule has 0 spiro atoms. The number of carbonyl (C=O) groups is 2. The predicted octanol–water partition coefficient (Wildman–Crippen LogP) is 1.58. The summed E-state index contributed by atoms with van der Waals surface area (Å²) in [7, 11) is 0. The molecule has 3 amide bonds. The van der Waals surface area contributed by atoms with Gasteiger partial charge in [-0.1, -0.05) is 35.6 Å². The molecule has 1 aromatic heterocycles. The summed E-state index contributed by atoms with van der Waals surface area (Å²) in [5, 5.41) is 13.0. The molecule has 1 atom stereocenters. The molecule has 21 heavy (non-hydrogen) atoms. The molecule has 0 saturated carbocycles. The highest BCUT2D eigenvalue weighted by atomic mass is 32.1. The number of anilines is 1. The van der Waals surface area contributed by atoms with Crippen LogP contribution >= 0.6 is 11.3 Å². The van der Waals surface area contributed by atoms with Crippen LogP contribution in [0.3, 0.4) is 0 Å². The van der Waals surface area contributed by atoms with E-state index in [9.17, 15) is 9.59 Å². The Morgan fingerprint density at radius 3 is 2.76 bits per heavy atom. The van der Waals surface area contributed by atoms with Crippen LogP contribution in [0.25, 0.3) is 0 Å². The zero-order valence-corrected chi connectivity index (χ0v) is 12.2. The summed E-state index contributed by atoms with van der Waals surface area (Å²) in [4.78, 5) is 23.2. The van der Waals surface area contributed by atoms with Gasteiger partial charge in [-0.15, -0.1) is 10.2 Å². The molecule has 4 N–H and O–H groups in total. The minimum Gasteiger partial charge on any atom is -0.352 e. The van der Waals surface area contributed by atoms with E-state index < -0.39 is 12.1 Å². The number of aromatic nitrogens is 2. The standard InChI is InChI=1S/C13H15N5O2S/c1-8-4-2-3-5-9(8)10(16-12(14)20)6-11(19)17-13-18-15-7-21-13/h2-5,7,10H,6H2,1H3,(H3,14,16,20)(H,17,18,19)/t10-/m0/s1. The second kappa shape index (κ2) is 6.80. The van der Waals surface area contributed by atoms with E-state index in [4.69, 9.17) is 5.73 Å². The summed E-state index contributed by atoms with van der Waals surface area (Å²) in [5.74, 6) is -0.270. The Balaban J connectivity index is 2.11. The molecule has 0 aliphatic rings. The van der Waals surface area contributed by atoms with Crippen LogP contribution in [0.15, 0.2) is 29.8 Å². The van der Waals surface area contributed by atoms with Gasteiger partial charge < -0.3 is 16.4 Å². The number of urea groups is 1. The summed E-state index contributed by atoms with van der Waals surface area (Å²) in [6.07, 6.45) is 0.0629. The van der Waals surface area contributed by atoms with E-state index in [1.807, 2.05) is 31.2 Å². The van der Waals surface area contributed by atoms with Gasteiger partial charge in [0.05, 0.1) is 12.5 Å². The minimum atomic E-state index is -0.674. The summed E-state index contributed by atoms with van der Waals surface area (Å²) >= 11 is 1.22. The first kappa shape index (κ1) is 14.9. The third-order valence-corrected chi connectivity index (χ3v) is 3.48. The molecule has 7 nitrogen and oxygen atoms in total. The van der Waals surface area contributed by atoms with Gasteiger partial charge in [-0.3, -0.25) is 4.79 Å². The molecule has 0 unspecified atom stereocenters. The van der Waals surface area contributed by atoms with E-state index in [1.54, 1.807) is 0 Å². The van der Waals surface area contributed by atoms with Crippen molar-refractivity contribution in [3.05, 3.63) is 40.9 Å². The third-order valence-electron chi connectivity index (χ3n) is 2.88. The highest BCUT2D eigenvalue weighted by molar-refractivity contribution is 7.13.